The highest BCUT2D eigenvalue weighted by molar-refractivity contribution is 5.76. The van der Waals surface area contributed by atoms with Gasteiger partial charge in [0.1, 0.15) is 5.82 Å². The monoisotopic (exact) mass is 236 g/mol. The van der Waals surface area contributed by atoms with Gasteiger partial charge in [-0.2, -0.15) is 5.10 Å². The highest BCUT2D eigenvalue weighted by atomic mass is 16.2. The van der Waals surface area contributed by atoms with Crippen molar-refractivity contribution in [2.45, 2.75) is 32.7 Å². The van der Waals surface area contributed by atoms with Crippen LogP contribution in [0.2, 0.25) is 0 Å². The lowest BCUT2D eigenvalue weighted by Crippen LogP contribution is -2.33. The van der Waals surface area contributed by atoms with E-state index in [0.717, 1.165) is 32.5 Å². The summed E-state index contributed by atoms with van der Waals surface area (Å²) < 4.78 is 1.79. The van der Waals surface area contributed by atoms with E-state index in [9.17, 15) is 4.79 Å². The van der Waals surface area contributed by atoms with E-state index in [1.165, 1.54) is 0 Å². The molecule has 1 aromatic heterocycles. The normalized spacial score (nSPS) is 21.6. The Kier molecular flexibility index (Phi) is 3.66. The molecule has 1 amide bonds. The summed E-state index contributed by atoms with van der Waals surface area (Å²) in [7, 11) is 0. The Hall–Kier alpha value is -1.52. The quantitative estimate of drug-likeness (QED) is 0.855. The summed E-state index contributed by atoms with van der Waals surface area (Å²) in [5.41, 5.74) is 5.55. The van der Waals surface area contributed by atoms with Gasteiger partial charge < -0.3 is 10.6 Å². The van der Waals surface area contributed by atoms with Crippen LogP contribution in [0.4, 0.5) is 5.82 Å². The van der Waals surface area contributed by atoms with Gasteiger partial charge in [0.15, 0.2) is 0 Å². The summed E-state index contributed by atoms with van der Waals surface area (Å²) in [4.78, 5) is 13.8. The fourth-order valence-electron chi connectivity index (χ4n) is 2.13. The van der Waals surface area contributed by atoms with Crippen molar-refractivity contribution in [2.24, 2.45) is 5.92 Å². The highest BCUT2D eigenvalue weighted by Gasteiger charge is 2.19. The van der Waals surface area contributed by atoms with Crippen LogP contribution < -0.4 is 5.73 Å². The zero-order valence-electron chi connectivity index (χ0n) is 10.3. The molecule has 5 nitrogen and oxygen atoms in total. The molecule has 0 saturated carbocycles. The third-order valence-electron chi connectivity index (χ3n) is 3.36. The molecule has 2 heterocycles. The SMILES string of the molecule is CC1CCC(=O)N(CCn2ccc(N)n2)CC1. The molecule has 2 rings (SSSR count). The van der Waals surface area contributed by atoms with E-state index in [1.54, 1.807) is 10.7 Å². The Bertz CT molecular complexity index is 388. The first-order chi connectivity index (χ1) is 8.15. The first-order valence-corrected chi connectivity index (χ1v) is 6.22. The van der Waals surface area contributed by atoms with E-state index in [-0.39, 0.29) is 5.91 Å². The molecule has 0 aliphatic carbocycles. The minimum absolute atomic E-state index is 0.273. The molecule has 5 heteroatoms. The van der Waals surface area contributed by atoms with Gasteiger partial charge in [0, 0.05) is 25.7 Å². The number of rotatable bonds is 3. The molecule has 0 spiro atoms. The van der Waals surface area contributed by atoms with Crippen molar-refractivity contribution in [1.29, 1.82) is 0 Å². The Morgan fingerprint density at radius 3 is 3.00 bits per heavy atom. The van der Waals surface area contributed by atoms with Gasteiger partial charge in [-0.05, 0) is 24.8 Å². The number of likely N-dealkylation sites (tertiary alicyclic amines) is 1. The van der Waals surface area contributed by atoms with Gasteiger partial charge in [0.25, 0.3) is 0 Å². The van der Waals surface area contributed by atoms with Crippen LogP contribution in [0.25, 0.3) is 0 Å². The summed E-state index contributed by atoms with van der Waals surface area (Å²) in [5.74, 6) is 1.46. The molecule has 1 unspecified atom stereocenters. The van der Waals surface area contributed by atoms with Crippen LogP contribution in [0.1, 0.15) is 26.2 Å². The van der Waals surface area contributed by atoms with Crippen molar-refractivity contribution in [1.82, 2.24) is 14.7 Å². The van der Waals surface area contributed by atoms with Gasteiger partial charge >= 0.3 is 0 Å². The van der Waals surface area contributed by atoms with Crippen LogP contribution >= 0.6 is 0 Å². The van der Waals surface area contributed by atoms with Crippen LogP contribution in [-0.2, 0) is 11.3 Å². The minimum atomic E-state index is 0.273. The van der Waals surface area contributed by atoms with Crippen LogP contribution in [-0.4, -0.2) is 33.7 Å². The molecule has 0 radical (unpaired) electrons. The lowest BCUT2D eigenvalue weighted by molar-refractivity contribution is -0.130. The van der Waals surface area contributed by atoms with Crippen LogP contribution in [0.5, 0.6) is 0 Å². The smallest absolute Gasteiger partial charge is 0.222 e. The van der Waals surface area contributed by atoms with Crippen molar-refractivity contribution < 1.29 is 4.79 Å². The lowest BCUT2D eigenvalue weighted by Gasteiger charge is -2.20. The Morgan fingerprint density at radius 2 is 2.29 bits per heavy atom. The number of aromatic nitrogens is 2. The number of anilines is 1. The van der Waals surface area contributed by atoms with Gasteiger partial charge in [-0.1, -0.05) is 6.92 Å². The average molecular weight is 236 g/mol. The molecule has 0 aromatic carbocycles. The molecule has 1 aromatic rings. The first kappa shape index (κ1) is 12.0. The average Bonchev–Trinajstić information content (AvgIpc) is 2.64. The zero-order valence-corrected chi connectivity index (χ0v) is 10.3. The molecular formula is C12H20N4O. The third kappa shape index (κ3) is 3.22. The van der Waals surface area contributed by atoms with Gasteiger partial charge in [0.05, 0.1) is 6.54 Å². The molecule has 1 atom stereocenters. The van der Waals surface area contributed by atoms with Crippen molar-refractivity contribution in [3.8, 4) is 0 Å². The Balaban J connectivity index is 1.87. The van der Waals surface area contributed by atoms with E-state index in [0.29, 0.717) is 18.2 Å². The molecule has 1 fully saturated rings. The van der Waals surface area contributed by atoms with Gasteiger partial charge in [0.2, 0.25) is 5.91 Å². The van der Waals surface area contributed by atoms with Gasteiger partial charge in [-0.3, -0.25) is 9.48 Å². The van der Waals surface area contributed by atoms with E-state index in [4.69, 9.17) is 5.73 Å². The van der Waals surface area contributed by atoms with E-state index in [1.807, 2.05) is 11.1 Å². The largest absolute Gasteiger partial charge is 0.382 e. The van der Waals surface area contributed by atoms with Crippen molar-refractivity contribution in [3.05, 3.63) is 12.3 Å². The number of nitrogen functional groups attached to an aromatic ring is 1. The predicted octanol–water partition coefficient (Wildman–Crippen LogP) is 1.11. The zero-order chi connectivity index (χ0) is 12.3. The summed E-state index contributed by atoms with van der Waals surface area (Å²) in [5, 5.41) is 4.11. The summed E-state index contributed by atoms with van der Waals surface area (Å²) >= 11 is 0. The lowest BCUT2D eigenvalue weighted by atomic mass is 10.0. The second kappa shape index (κ2) is 5.21. The number of carbonyl (C=O) groups is 1. The maximum absolute atomic E-state index is 11.9. The number of carbonyl (C=O) groups excluding carboxylic acids is 1. The molecule has 1 aliphatic rings. The Labute approximate surface area is 102 Å². The molecule has 94 valence electrons. The van der Waals surface area contributed by atoms with Crippen molar-refractivity contribution in [2.75, 3.05) is 18.8 Å². The fourth-order valence-corrected chi connectivity index (χ4v) is 2.13. The number of hydrogen-bond donors (Lipinski definition) is 1. The van der Waals surface area contributed by atoms with Crippen LogP contribution in [0.15, 0.2) is 12.3 Å². The molecule has 2 N–H and O–H groups in total. The summed E-state index contributed by atoms with van der Waals surface area (Å²) in [6.07, 6.45) is 4.65. The second-order valence-corrected chi connectivity index (χ2v) is 4.82. The molecule has 1 saturated heterocycles. The molecular weight excluding hydrogens is 216 g/mol. The minimum Gasteiger partial charge on any atom is -0.382 e. The van der Waals surface area contributed by atoms with Gasteiger partial charge in [-0.25, -0.2) is 0 Å². The van der Waals surface area contributed by atoms with Crippen LogP contribution in [0, 0.1) is 5.92 Å². The topological polar surface area (TPSA) is 64.2 Å². The third-order valence-corrected chi connectivity index (χ3v) is 3.36. The second-order valence-electron chi connectivity index (χ2n) is 4.82. The van der Waals surface area contributed by atoms with E-state index < -0.39 is 0 Å². The fraction of sp³-hybridized carbons (Fsp3) is 0.667. The highest BCUT2D eigenvalue weighted by Crippen LogP contribution is 2.17. The predicted molar refractivity (Wildman–Crippen MR) is 66.2 cm³/mol. The molecule has 17 heavy (non-hydrogen) atoms. The number of hydrogen-bond acceptors (Lipinski definition) is 3. The van der Waals surface area contributed by atoms with Gasteiger partial charge in [-0.15, -0.1) is 0 Å². The maximum Gasteiger partial charge on any atom is 0.222 e. The molecule has 1 aliphatic heterocycles. The number of amides is 1. The molecule has 0 bridgehead atoms. The maximum atomic E-state index is 11.9. The first-order valence-electron chi connectivity index (χ1n) is 6.22. The standard InChI is InChI=1S/C12H20N4O/c1-10-2-3-12(17)15(6-4-10)8-9-16-7-5-11(13)14-16/h5,7,10H,2-4,6,8-9H2,1H3,(H2,13,14). The summed E-state index contributed by atoms with van der Waals surface area (Å²) in [6.45, 7) is 4.53. The summed E-state index contributed by atoms with van der Waals surface area (Å²) in [6, 6.07) is 1.77. The van der Waals surface area contributed by atoms with E-state index in [2.05, 4.69) is 12.0 Å². The van der Waals surface area contributed by atoms with Crippen molar-refractivity contribution >= 4 is 11.7 Å². The van der Waals surface area contributed by atoms with Crippen molar-refractivity contribution in [3.63, 3.8) is 0 Å². The number of nitrogens with two attached hydrogens (primary N) is 1. The van der Waals surface area contributed by atoms with Crippen LogP contribution in [0.3, 0.4) is 0 Å². The Morgan fingerprint density at radius 1 is 1.47 bits per heavy atom. The van der Waals surface area contributed by atoms with E-state index >= 15 is 0 Å². The number of nitrogens with zero attached hydrogens (tertiary/aromatic N) is 3.